The molecule has 166 valence electrons. The molecule has 1 saturated carbocycles. The first-order valence-electron chi connectivity index (χ1n) is 10.3. The van der Waals surface area contributed by atoms with Crippen LogP contribution in [0.3, 0.4) is 0 Å². The summed E-state index contributed by atoms with van der Waals surface area (Å²) in [6.45, 7) is -0.288. The molecule has 7 nitrogen and oxygen atoms in total. The molecule has 0 heterocycles. The molecule has 1 aliphatic carbocycles. The van der Waals surface area contributed by atoms with E-state index in [1.807, 2.05) is 36.4 Å². The van der Waals surface area contributed by atoms with Crippen molar-refractivity contribution in [1.29, 1.82) is 0 Å². The van der Waals surface area contributed by atoms with Gasteiger partial charge in [0.15, 0.2) is 18.1 Å². The van der Waals surface area contributed by atoms with E-state index in [0.717, 1.165) is 29.7 Å². The van der Waals surface area contributed by atoms with E-state index in [0.29, 0.717) is 23.8 Å². The molecule has 7 heteroatoms. The standard InChI is InChI=1S/C24H29NO6/c1-28-19-10-8-18(9-11-19)24(17-6-7-17)25-22(26)15-31-23(27)13-5-16-4-12-20(29-2)21(14-16)30-3/h4,8-12,14,17,24H,5-7,13,15H2,1-3H3,(H,25,26). The SMILES string of the molecule is COc1ccc(C(NC(=O)COC(=O)CCc2ccc(OC)c(OC)c2)C2CC2)cc1. The van der Waals surface area contributed by atoms with Crippen molar-refractivity contribution >= 4 is 11.9 Å². The zero-order chi connectivity index (χ0) is 22.2. The lowest BCUT2D eigenvalue weighted by atomic mass is 10.0. The zero-order valence-electron chi connectivity index (χ0n) is 18.2. The number of nitrogens with one attached hydrogen (secondary N) is 1. The Morgan fingerprint density at radius 1 is 0.968 bits per heavy atom. The Balaban J connectivity index is 1.46. The van der Waals surface area contributed by atoms with Crippen LogP contribution in [0.4, 0.5) is 0 Å². The Morgan fingerprint density at radius 3 is 2.29 bits per heavy atom. The molecule has 1 unspecified atom stereocenters. The second-order valence-corrected chi connectivity index (χ2v) is 7.51. The zero-order valence-corrected chi connectivity index (χ0v) is 18.2. The minimum atomic E-state index is -0.419. The molecule has 0 saturated heterocycles. The van der Waals surface area contributed by atoms with Gasteiger partial charge in [0.2, 0.25) is 0 Å². The first-order valence-corrected chi connectivity index (χ1v) is 10.3. The summed E-state index contributed by atoms with van der Waals surface area (Å²) in [5, 5.41) is 3.00. The molecule has 0 aromatic heterocycles. The minimum Gasteiger partial charge on any atom is -0.497 e. The van der Waals surface area contributed by atoms with Crippen LogP contribution in [0.5, 0.6) is 17.2 Å². The van der Waals surface area contributed by atoms with Crippen LogP contribution in [0.1, 0.15) is 36.4 Å². The molecule has 2 aromatic rings. The Morgan fingerprint density at radius 2 is 1.68 bits per heavy atom. The van der Waals surface area contributed by atoms with Gasteiger partial charge in [-0.2, -0.15) is 0 Å². The molecule has 2 aromatic carbocycles. The number of benzene rings is 2. The first kappa shape index (κ1) is 22.5. The van der Waals surface area contributed by atoms with Gasteiger partial charge in [-0.1, -0.05) is 18.2 Å². The van der Waals surface area contributed by atoms with E-state index in [1.165, 1.54) is 0 Å². The highest BCUT2D eigenvalue weighted by molar-refractivity contribution is 5.81. The van der Waals surface area contributed by atoms with E-state index in [-0.39, 0.29) is 25.0 Å². The Bertz CT molecular complexity index is 891. The van der Waals surface area contributed by atoms with Crippen molar-refractivity contribution in [2.24, 2.45) is 5.92 Å². The highest BCUT2D eigenvalue weighted by atomic mass is 16.5. The average molecular weight is 427 g/mol. The monoisotopic (exact) mass is 427 g/mol. The molecule has 1 fully saturated rings. The lowest BCUT2D eigenvalue weighted by Crippen LogP contribution is -2.33. The van der Waals surface area contributed by atoms with Crippen molar-refractivity contribution in [2.45, 2.75) is 31.7 Å². The maximum atomic E-state index is 12.4. The first-order chi connectivity index (χ1) is 15.0. The fourth-order valence-electron chi connectivity index (χ4n) is 3.43. The van der Waals surface area contributed by atoms with Crippen molar-refractivity contribution in [3.63, 3.8) is 0 Å². The van der Waals surface area contributed by atoms with Gasteiger partial charge < -0.3 is 24.3 Å². The average Bonchev–Trinajstić information content (AvgIpc) is 3.65. The van der Waals surface area contributed by atoms with Crippen LogP contribution in [0, 0.1) is 5.92 Å². The summed E-state index contributed by atoms with van der Waals surface area (Å²) in [7, 11) is 4.76. The third-order valence-electron chi connectivity index (χ3n) is 5.31. The predicted molar refractivity (Wildman–Crippen MR) is 115 cm³/mol. The molecule has 1 N–H and O–H groups in total. The summed E-state index contributed by atoms with van der Waals surface area (Å²) in [5.74, 6) is 1.71. The summed E-state index contributed by atoms with van der Waals surface area (Å²) in [6, 6.07) is 13.1. The van der Waals surface area contributed by atoms with Gasteiger partial charge in [-0.15, -0.1) is 0 Å². The van der Waals surface area contributed by atoms with E-state index in [9.17, 15) is 9.59 Å². The van der Waals surface area contributed by atoms with Gasteiger partial charge in [-0.3, -0.25) is 9.59 Å². The summed E-state index contributed by atoms with van der Waals surface area (Å²) in [6.07, 6.45) is 2.80. The largest absolute Gasteiger partial charge is 0.497 e. The Hall–Kier alpha value is -3.22. The van der Waals surface area contributed by atoms with Gasteiger partial charge in [-0.25, -0.2) is 0 Å². The number of ether oxygens (including phenoxy) is 4. The van der Waals surface area contributed by atoms with Gasteiger partial charge in [0, 0.05) is 6.42 Å². The molecular weight excluding hydrogens is 398 g/mol. The van der Waals surface area contributed by atoms with Gasteiger partial charge in [-0.05, 0) is 60.6 Å². The van der Waals surface area contributed by atoms with E-state index < -0.39 is 5.97 Å². The topological polar surface area (TPSA) is 83.1 Å². The van der Waals surface area contributed by atoms with Gasteiger partial charge in [0.25, 0.3) is 5.91 Å². The molecule has 0 bridgehead atoms. The number of aryl methyl sites for hydroxylation is 1. The second-order valence-electron chi connectivity index (χ2n) is 7.51. The van der Waals surface area contributed by atoms with Crippen molar-refractivity contribution in [3.05, 3.63) is 53.6 Å². The van der Waals surface area contributed by atoms with E-state index in [2.05, 4.69) is 5.32 Å². The maximum Gasteiger partial charge on any atom is 0.306 e. The van der Waals surface area contributed by atoms with Gasteiger partial charge >= 0.3 is 5.97 Å². The summed E-state index contributed by atoms with van der Waals surface area (Å²) >= 11 is 0. The van der Waals surface area contributed by atoms with Crippen molar-refractivity contribution < 1.29 is 28.5 Å². The second kappa shape index (κ2) is 10.7. The van der Waals surface area contributed by atoms with Crippen molar-refractivity contribution in [1.82, 2.24) is 5.32 Å². The van der Waals surface area contributed by atoms with E-state index >= 15 is 0 Å². The Kier molecular flexibility index (Phi) is 7.76. The van der Waals surface area contributed by atoms with Gasteiger partial charge in [0.05, 0.1) is 27.4 Å². The number of hydrogen-bond acceptors (Lipinski definition) is 6. The molecule has 3 rings (SSSR count). The lowest BCUT2D eigenvalue weighted by molar-refractivity contribution is -0.148. The quantitative estimate of drug-likeness (QED) is 0.553. The van der Waals surface area contributed by atoms with Crippen LogP contribution in [0.15, 0.2) is 42.5 Å². The summed E-state index contributed by atoms with van der Waals surface area (Å²) < 4.78 is 20.8. The van der Waals surface area contributed by atoms with E-state index in [1.54, 1.807) is 27.4 Å². The van der Waals surface area contributed by atoms with Crippen molar-refractivity contribution in [3.8, 4) is 17.2 Å². The van der Waals surface area contributed by atoms with Crippen LogP contribution < -0.4 is 19.5 Å². The molecule has 0 aliphatic heterocycles. The minimum absolute atomic E-state index is 0.0797. The fourth-order valence-corrected chi connectivity index (χ4v) is 3.43. The summed E-state index contributed by atoms with van der Waals surface area (Å²) in [4.78, 5) is 24.5. The van der Waals surface area contributed by atoms with Crippen LogP contribution in [0.25, 0.3) is 0 Å². The summed E-state index contributed by atoms with van der Waals surface area (Å²) in [5.41, 5.74) is 1.95. The third-order valence-corrected chi connectivity index (χ3v) is 5.31. The number of rotatable bonds is 11. The molecule has 0 radical (unpaired) electrons. The van der Waals surface area contributed by atoms with E-state index in [4.69, 9.17) is 18.9 Å². The molecule has 1 amide bonds. The molecule has 31 heavy (non-hydrogen) atoms. The predicted octanol–water partition coefficient (Wildman–Crippen LogP) is 3.46. The number of carbonyl (C=O) groups is 2. The Labute approximate surface area is 182 Å². The molecule has 1 aliphatic rings. The van der Waals surface area contributed by atoms with Crippen LogP contribution in [-0.4, -0.2) is 39.8 Å². The smallest absolute Gasteiger partial charge is 0.306 e. The number of methoxy groups -OCH3 is 3. The number of carbonyl (C=O) groups excluding carboxylic acids is 2. The highest BCUT2D eigenvalue weighted by Crippen LogP contribution is 2.41. The molecule has 1 atom stereocenters. The molecule has 0 spiro atoms. The number of amides is 1. The third kappa shape index (κ3) is 6.38. The fraction of sp³-hybridized carbons (Fsp3) is 0.417. The lowest BCUT2D eigenvalue weighted by Gasteiger charge is -2.19. The van der Waals surface area contributed by atoms with Crippen LogP contribution in [0.2, 0.25) is 0 Å². The number of hydrogen-bond donors (Lipinski definition) is 1. The van der Waals surface area contributed by atoms with Crippen molar-refractivity contribution in [2.75, 3.05) is 27.9 Å². The van der Waals surface area contributed by atoms with Gasteiger partial charge in [0.1, 0.15) is 5.75 Å². The number of esters is 1. The van der Waals surface area contributed by atoms with Crippen LogP contribution >= 0.6 is 0 Å². The van der Waals surface area contributed by atoms with Crippen LogP contribution in [-0.2, 0) is 20.7 Å². The maximum absolute atomic E-state index is 12.4. The highest BCUT2D eigenvalue weighted by Gasteiger charge is 2.33. The normalized spacial score (nSPS) is 13.8. The molecular formula is C24H29NO6.